The summed E-state index contributed by atoms with van der Waals surface area (Å²) in [7, 11) is 0. The lowest BCUT2D eigenvalue weighted by Gasteiger charge is -1.93. The van der Waals surface area contributed by atoms with Crippen LogP contribution in [0.3, 0.4) is 0 Å². The molecule has 0 saturated carbocycles. The largest absolute Gasteiger partial charge is 0.392 e. The summed E-state index contributed by atoms with van der Waals surface area (Å²) in [5.74, 6) is 0. The molecule has 0 aliphatic rings. The average Bonchev–Trinajstić information content (AvgIpc) is 2.06. The molecule has 0 spiro atoms. The lowest BCUT2D eigenvalue weighted by Crippen LogP contribution is -1.86. The maximum Gasteiger partial charge on any atom is 0.115 e. The molecule has 1 aromatic heterocycles. The van der Waals surface area contributed by atoms with Gasteiger partial charge in [0.25, 0.3) is 0 Å². The second-order valence-electron chi connectivity index (χ2n) is 2.28. The Morgan fingerprint density at radius 3 is 3.09 bits per heavy atom. The zero-order valence-electron chi connectivity index (χ0n) is 6.36. The van der Waals surface area contributed by atoms with Crippen molar-refractivity contribution in [2.24, 2.45) is 0 Å². The lowest BCUT2D eigenvalue weighted by atomic mass is 10.2. The van der Waals surface area contributed by atoms with E-state index in [9.17, 15) is 0 Å². The normalized spacial score (nSPS) is 11.6. The molecule has 0 amide bonds. The number of nitrogens with zero attached hydrogens (tertiary/aromatic N) is 2. The van der Waals surface area contributed by atoms with Crippen LogP contribution in [0.1, 0.15) is 12.6 Å². The molecule has 0 aliphatic heterocycles. The van der Waals surface area contributed by atoms with E-state index in [0.29, 0.717) is 0 Å². The number of hydrogen-bond acceptors (Lipinski definition) is 3. The Balaban J connectivity index is 2.79. The molecule has 11 heavy (non-hydrogen) atoms. The first-order valence-electron chi connectivity index (χ1n) is 3.37. The van der Waals surface area contributed by atoms with E-state index in [0.717, 1.165) is 11.3 Å². The van der Waals surface area contributed by atoms with E-state index < -0.39 is 0 Å². The van der Waals surface area contributed by atoms with Crippen LogP contribution in [0.4, 0.5) is 0 Å². The van der Waals surface area contributed by atoms with E-state index in [-0.39, 0.29) is 6.61 Å². The van der Waals surface area contributed by atoms with Crippen LogP contribution < -0.4 is 0 Å². The molecule has 0 saturated heterocycles. The van der Waals surface area contributed by atoms with Crippen molar-refractivity contribution in [1.29, 1.82) is 0 Å². The van der Waals surface area contributed by atoms with Gasteiger partial charge >= 0.3 is 0 Å². The van der Waals surface area contributed by atoms with Gasteiger partial charge in [0.2, 0.25) is 0 Å². The lowest BCUT2D eigenvalue weighted by molar-refractivity contribution is 0.332. The second kappa shape index (κ2) is 3.83. The summed E-state index contributed by atoms with van der Waals surface area (Å²) in [6, 6.07) is 1.79. The number of hydrogen-bond donors (Lipinski definition) is 1. The summed E-state index contributed by atoms with van der Waals surface area (Å²) in [6.07, 6.45) is 4.97. The first-order chi connectivity index (χ1) is 5.33. The van der Waals surface area contributed by atoms with Crippen LogP contribution in [-0.2, 0) is 0 Å². The fourth-order valence-electron chi connectivity index (χ4n) is 0.684. The van der Waals surface area contributed by atoms with Crippen molar-refractivity contribution >= 4 is 6.08 Å². The topological polar surface area (TPSA) is 46.0 Å². The Morgan fingerprint density at radius 1 is 1.73 bits per heavy atom. The van der Waals surface area contributed by atoms with Crippen molar-refractivity contribution in [2.75, 3.05) is 6.61 Å². The fourth-order valence-corrected chi connectivity index (χ4v) is 0.684. The van der Waals surface area contributed by atoms with Crippen molar-refractivity contribution in [3.63, 3.8) is 0 Å². The van der Waals surface area contributed by atoms with Crippen LogP contribution in [0, 0.1) is 0 Å². The molecule has 0 radical (unpaired) electrons. The molecule has 0 aliphatic carbocycles. The van der Waals surface area contributed by atoms with Crippen molar-refractivity contribution in [1.82, 2.24) is 9.97 Å². The minimum absolute atomic E-state index is 0.0734. The van der Waals surface area contributed by atoms with Gasteiger partial charge in [0.05, 0.1) is 12.3 Å². The van der Waals surface area contributed by atoms with Gasteiger partial charge in [0, 0.05) is 6.20 Å². The summed E-state index contributed by atoms with van der Waals surface area (Å²) < 4.78 is 0. The predicted molar refractivity (Wildman–Crippen MR) is 42.8 cm³/mol. The Morgan fingerprint density at radius 2 is 2.55 bits per heavy atom. The van der Waals surface area contributed by atoms with Crippen LogP contribution in [0.5, 0.6) is 0 Å². The van der Waals surface area contributed by atoms with E-state index >= 15 is 0 Å². The van der Waals surface area contributed by atoms with Gasteiger partial charge in [-0.3, -0.25) is 0 Å². The number of aliphatic hydroxyl groups excluding tert-OH is 1. The van der Waals surface area contributed by atoms with Crippen LogP contribution in [0.25, 0.3) is 6.08 Å². The smallest absolute Gasteiger partial charge is 0.115 e. The van der Waals surface area contributed by atoms with E-state index in [1.807, 2.05) is 13.0 Å². The predicted octanol–water partition coefficient (Wildman–Crippen LogP) is 0.872. The monoisotopic (exact) mass is 150 g/mol. The van der Waals surface area contributed by atoms with E-state index in [4.69, 9.17) is 5.11 Å². The zero-order chi connectivity index (χ0) is 8.10. The average molecular weight is 150 g/mol. The van der Waals surface area contributed by atoms with Gasteiger partial charge in [-0.15, -0.1) is 0 Å². The van der Waals surface area contributed by atoms with Gasteiger partial charge in [-0.2, -0.15) is 0 Å². The second-order valence-corrected chi connectivity index (χ2v) is 2.28. The highest BCUT2D eigenvalue weighted by Crippen LogP contribution is 2.00. The Kier molecular flexibility index (Phi) is 2.74. The van der Waals surface area contributed by atoms with Gasteiger partial charge in [-0.25, -0.2) is 9.97 Å². The van der Waals surface area contributed by atoms with Crippen LogP contribution in [-0.4, -0.2) is 21.7 Å². The molecular formula is C8H10N2O. The first kappa shape index (κ1) is 7.88. The number of rotatable bonds is 2. The fraction of sp³-hybridized carbons (Fsp3) is 0.250. The molecule has 0 fully saturated rings. The molecule has 0 bridgehead atoms. The van der Waals surface area contributed by atoms with Crippen LogP contribution in [0.2, 0.25) is 0 Å². The SMILES string of the molecule is CC(=Cc1ccncn1)CO. The quantitative estimate of drug-likeness (QED) is 0.680. The van der Waals surface area contributed by atoms with Gasteiger partial charge in [-0.1, -0.05) is 0 Å². The molecular weight excluding hydrogens is 140 g/mol. The van der Waals surface area contributed by atoms with Gasteiger partial charge in [-0.05, 0) is 24.6 Å². The highest BCUT2D eigenvalue weighted by atomic mass is 16.3. The minimum Gasteiger partial charge on any atom is -0.392 e. The molecule has 1 aromatic rings. The molecule has 0 aromatic carbocycles. The molecule has 3 nitrogen and oxygen atoms in total. The first-order valence-corrected chi connectivity index (χ1v) is 3.37. The summed E-state index contributed by atoms with van der Waals surface area (Å²) >= 11 is 0. The standard InChI is InChI=1S/C8H10N2O/c1-7(5-11)4-8-2-3-9-6-10-8/h2-4,6,11H,5H2,1H3. The summed E-state index contributed by atoms with van der Waals surface area (Å²) in [4.78, 5) is 7.74. The van der Waals surface area contributed by atoms with E-state index in [2.05, 4.69) is 9.97 Å². The molecule has 0 atom stereocenters. The molecule has 0 unspecified atom stereocenters. The number of aliphatic hydroxyl groups is 1. The van der Waals surface area contributed by atoms with Crippen molar-refractivity contribution in [3.05, 3.63) is 29.9 Å². The maximum atomic E-state index is 8.68. The third kappa shape index (κ3) is 2.47. The highest BCUT2D eigenvalue weighted by Gasteiger charge is 1.88. The Hall–Kier alpha value is -1.22. The number of aromatic nitrogens is 2. The third-order valence-corrected chi connectivity index (χ3v) is 1.25. The van der Waals surface area contributed by atoms with Gasteiger partial charge in [0.15, 0.2) is 0 Å². The summed E-state index contributed by atoms with van der Waals surface area (Å²) in [5, 5.41) is 8.68. The third-order valence-electron chi connectivity index (χ3n) is 1.25. The minimum atomic E-state index is 0.0734. The molecule has 3 heteroatoms. The van der Waals surface area contributed by atoms with Crippen molar-refractivity contribution < 1.29 is 5.11 Å². The van der Waals surface area contributed by atoms with Crippen molar-refractivity contribution in [2.45, 2.75) is 6.92 Å². The Bertz CT molecular complexity index is 244. The highest BCUT2D eigenvalue weighted by molar-refractivity contribution is 5.47. The van der Waals surface area contributed by atoms with E-state index in [1.54, 1.807) is 12.3 Å². The molecule has 1 rings (SSSR count). The van der Waals surface area contributed by atoms with Crippen molar-refractivity contribution in [3.8, 4) is 0 Å². The summed E-state index contributed by atoms with van der Waals surface area (Å²) in [5.41, 5.74) is 1.72. The maximum absolute atomic E-state index is 8.68. The zero-order valence-corrected chi connectivity index (χ0v) is 6.36. The van der Waals surface area contributed by atoms with Crippen LogP contribution in [0.15, 0.2) is 24.2 Å². The Labute approximate surface area is 65.4 Å². The molecule has 1 heterocycles. The van der Waals surface area contributed by atoms with Gasteiger partial charge < -0.3 is 5.11 Å². The van der Waals surface area contributed by atoms with Crippen LogP contribution >= 0.6 is 0 Å². The molecule has 1 N–H and O–H groups in total. The summed E-state index contributed by atoms with van der Waals surface area (Å²) in [6.45, 7) is 1.92. The van der Waals surface area contributed by atoms with Gasteiger partial charge in [0.1, 0.15) is 6.33 Å². The van der Waals surface area contributed by atoms with E-state index in [1.165, 1.54) is 6.33 Å². The molecule has 58 valence electrons.